The number of carbonyl (C=O) groups is 2. The smallest absolute Gasteiger partial charge is 0.275 e. The Kier molecular flexibility index (Phi) is 4.67. The molecule has 0 spiro atoms. The van der Waals surface area contributed by atoms with Crippen molar-refractivity contribution in [2.45, 2.75) is 13.8 Å². The second-order valence-electron chi connectivity index (χ2n) is 4.59. The van der Waals surface area contributed by atoms with Gasteiger partial charge in [0.15, 0.2) is 0 Å². The molecule has 0 aliphatic heterocycles. The van der Waals surface area contributed by atoms with Crippen LogP contribution in [0.3, 0.4) is 0 Å². The van der Waals surface area contributed by atoms with E-state index in [0.29, 0.717) is 17.1 Å². The molecular weight excluding hydrogens is 284 g/mol. The van der Waals surface area contributed by atoms with Crippen molar-refractivity contribution in [2.24, 2.45) is 0 Å². The average molecular weight is 300 g/mol. The van der Waals surface area contributed by atoms with E-state index < -0.39 is 0 Å². The van der Waals surface area contributed by atoms with E-state index in [-0.39, 0.29) is 17.5 Å². The fourth-order valence-electron chi connectivity index (χ4n) is 1.78. The van der Waals surface area contributed by atoms with E-state index in [0.717, 1.165) is 5.69 Å². The largest absolute Gasteiger partial charge is 0.495 e. The first-order valence-corrected chi connectivity index (χ1v) is 6.55. The number of carbonyl (C=O) groups excluding carboxylic acids is 2. The molecule has 0 aliphatic rings. The minimum absolute atomic E-state index is 0.211. The van der Waals surface area contributed by atoms with Gasteiger partial charge in [-0.2, -0.15) is 0 Å². The van der Waals surface area contributed by atoms with E-state index in [2.05, 4.69) is 20.6 Å². The highest BCUT2D eigenvalue weighted by molar-refractivity contribution is 6.03. The van der Waals surface area contributed by atoms with Crippen LogP contribution in [-0.2, 0) is 4.79 Å². The number of hydrogen-bond acceptors (Lipinski definition) is 5. The van der Waals surface area contributed by atoms with Crippen LogP contribution in [0.15, 0.2) is 30.6 Å². The van der Waals surface area contributed by atoms with Gasteiger partial charge in [-0.3, -0.25) is 14.6 Å². The highest BCUT2D eigenvalue weighted by Crippen LogP contribution is 2.27. The van der Waals surface area contributed by atoms with Crippen LogP contribution in [0.4, 0.5) is 11.4 Å². The normalized spacial score (nSPS) is 9.95. The summed E-state index contributed by atoms with van der Waals surface area (Å²) in [5.74, 6) is -0.110. The average Bonchev–Trinajstić information content (AvgIpc) is 2.47. The zero-order chi connectivity index (χ0) is 16.1. The quantitative estimate of drug-likeness (QED) is 0.901. The molecular formula is C15H16N4O3. The Hall–Kier alpha value is -2.96. The lowest BCUT2D eigenvalue weighted by atomic mass is 10.2. The molecule has 2 aromatic rings. The number of nitrogens with zero attached hydrogens (tertiary/aromatic N) is 2. The van der Waals surface area contributed by atoms with Crippen LogP contribution >= 0.6 is 0 Å². The highest BCUT2D eigenvalue weighted by Gasteiger charge is 2.11. The van der Waals surface area contributed by atoms with Crippen molar-refractivity contribution in [2.75, 3.05) is 17.7 Å². The summed E-state index contributed by atoms with van der Waals surface area (Å²) in [6.07, 6.45) is 2.93. The van der Waals surface area contributed by atoms with E-state index in [1.54, 1.807) is 25.1 Å². The summed E-state index contributed by atoms with van der Waals surface area (Å²) in [5.41, 5.74) is 1.93. The van der Waals surface area contributed by atoms with Gasteiger partial charge in [-0.15, -0.1) is 0 Å². The third kappa shape index (κ3) is 3.78. The van der Waals surface area contributed by atoms with Crippen LogP contribution in [-0.4, -0.2) is 28.9 Å². The maximum absolute atomic E-state index is 12.1. The van der Waals surface area contributed by atoms with Crippen LogP contribution in [0, 0.1) is 6.92 Å². The van der Waals surface area contributed by atoms with Crippen molar-refractivity contribution in [3.63, 3.8) is 0 Å². The van der Waals surface area contributed by atoms with Gasteiger partial charge in [0.05, 0.1) is 24.7 Å². The maximum Gasteiger partial charge on any atom is 0.275 e. The molecule has 0 radical (unpaired) electrons. The minimum Gasteiger partial charge on any atom is -0.495 e. The summed E-state index contributed by atoms with van der Waals surface area (Å²) in [6, 6.07) is 4.94. The monoisotopic (exact) mass is 300 g/mol. The molecule has 0 atom stereocenters. The molecule has 2 amide bonds. The Morgan fingerprint density at radius 3 is 2.50 bits per heavy atom. The summed E-state index contributed by atoms with van der Waals surface area (Å²) in [4.78, 5) is 31.3. The van der Waals surface area contributed by atoms with Crippen molar-refractivity contribution in [1.82, 2.24) is 9.97 Å². The van der Waals surface area contributed by atoms with Crippen molar-refractivity contribution in [1.29, 1.82) is 0 Å². The number of anilines is 2. The second-order valence-corrected chi connectivity index (χ2v) is 4.59. The zero-order valence-corrected chi connectivity index (χ0v) is 12.5. The van der Waals surface area contributed by atoms with Gasteiger partial charge in [0, 0.05) is 18.8 Å². The van der Waals surface area contributed by atoms with Crippen molar-refractivity contribution in [3.8, 4) is 5.75 Å². The maximum atomic E-state index is 12.1. The predicted octanol–water partition coefficient (Wildman–Crippen LogP) is 2.00. The molecule has 1 heterocycles. The fourth-order valence-corrected chi connectivity index (χ4v) is 1.78. The lowest BCUT2D eigenvalue weighted by Gasteiger charge is -2.11. The van der Waals surface area contributed by atoms with Crippen molar-refractivity contribution in [3.05, 3.63) is 42.0 Å². The van der Waals surface area contributed by atoms with E-state index in [1.165, 1.54) is 26.4 Å². The summed E-state index contributed by atoms with van der Waals surface area (Å²) in [6.45, 7) is 3.18. The number of aryl methyl sites for hydroxylation is 1. The van der Waals surface area contributed by atoms with Gasteiger partial charge >= 0.3 is 0 Å². The molecule has 114 valence electrons. The molecule has 7 heteroatoms. The Bertz CT molecular complexity index is 698. The van der Waals surface area contributed by atoms with Gasteiger partial charge in [0.1, 0.15) is 11.4 Å². The molecule has 0 fully saturated rings. The number of benzene rings is 1. The van der Waals surface area contributed by atoms with Gasteiger partial charge in [-0.25, -0.2) is 4.98 Å². The number of nitrogens with one attached hydrogen (secondary N) is 2. The summed E-state index contributed by atoms with van der Waals surface area (Å²) < 4.78 is 5.15. The van der Waals surface area contributed by atoms with Gasteiger partial charge in [-0.1, -0.05) is 0 Å². The third-order valence-corrected chi connectivity index (χ3v) is 2.78. The standard InChI is InChI=1S/C15H16N4O3/c1-9-7-17-13(8-16-9)15(21)19-11-4-5-14(22-3)12(6-11)18-10(2)20/h4-8H,1-3H3,(H,18,20)(H,19,21). The minimum atomic E-state index is -0.383. The Balaban J connectivity index is 2.20. The Labute approximate surface area is 127 Å². The van der Waals surface area contributed by atoms with Gasteiger partial charge in [0.25, 0.3) is 5.91 Å². The summed E-state index contributed by atoms with van der Waals surface area (Å²) >= 11 is 0. The van der Waals surface area contributed by atoms with Crippen molar-refractivity contribution >= 4 is 23.2 Å². The lowest BCUT2D eigenvalue weighted by molar-refractivity contribution is -0.114. The highest BCUT2D eigenvalue weighted by atomic mass is 16.5. The summed E-state index contributed by atoms with van der Waals surface area (Å²) in [7, 11) is 1.50. The second kappa shape index (κ2) is 6.66. The van der Waals surface area contributed by atoms with Gasteiger partial charge in [0.2, 0.25) is 5.91 Å². The number of ether oxygens (including phenoxy) is 1. The first-order chi connectivity index (χ1) is 10.5. The molecule has 0 aliphatic carbocycles. The third-order valence-electron chi connectivity index (χ3n) is 2.78. The first kappa shape index (κ1) is 15.4. The van der Waals surface area contributed by atoms with Crippen LogP contribution in [0.1, 0.15) is 23.1 Å². The van der Waals surface area contributed by atoms with E-state index in [4.69, 9.17) is 4.74 Å². The SMILES string of the molecule is COc1ccc(NC(=O)c2cnc(C)cn2)cc1NC(C)=O. The summed E-state index contributed by atoms with van der Waals surface area (Å²) in [5, 5.41) is 5.34. The van der Waals surface area contributed by atoms with Crippen LogP contribution in [0.5, 0.6) is 5.75 Å². The Morgan fingerprint density at radius 1 is 1.14 bits per heavy atom. The lowest BCUT2D eigenvalue weighted by Crippen LogP contribution is -2.15. The van der Waals surface area contributed by atoms with Crippen molar-refractivity contribution < 1.29 is 14.3 Å². The molecule has 1 aromatic carbocycles. The zero-order valence-electron chi connectivity index (χ0n) is 12.5. The van der Waals surface area contributed by atoms with Crippen LogP contribution in [0.2, 0.25) is 0 Å². The molecule has 7 nitrogen and oxygen atoms in total. The molecule has 22 heavy (non-hydrogen) atoms. The van der Waals surface area contributed by atoms with Gasteiger partial charge < -0.3 is 15.4 Å². The topological polar surface area (TPSA) is 93.2 Å². The van der Waals surface area contributed by atoms with Gasteiger partial charge in [-0.05, 0) is 25.1 Å². The van der Waals surface area contributed by atoms with E-state index in [9.17, 15) is 9.59 Å². The molecule has 0 saturated heterocycles. The molecule has 0 bridgehead atoms. The predicted molar refractivity (Wildman–Crippen MR) is 82.0 cm³/mol. The number of amides is 2. The molecule has 2 rings (SSSR count). The number of rotatable bonds is 4. The Morgan fingerprint density at radius 2 is 1.91 bits per heavy atom. The fraction of sp³-hybridized carbons (Fsp3) is 0.200. The van der Waals surface area contributed by atoms with E-state index in [1.807, 2.05) is 0 Å². The number of aromatic nitrogens is 2. The molecule has 1 aromatic heterocycles. The molecule has 0 unspecified atom stereocenters. The molecule has 0 saturated carbocycles. The number of hydrogen-bond donors (Lipinski definition) is 2. The van der Waals surface area contributed by atoms with Crippen LogP contribution < -0.4 is 15.4 Å². The number of methoxy groups -OCH3 is 1. The molecule has 2 N–H and O–H groups in total. The van der Waals surface area contributed by atoms with Crippen LogP contribution in [0.25, 0.3) is 0 Å². The van der Waals surface area contributed by atoms with E-state index >= 15 is 0 Å². The first-order valence-electron chi connectivity index (χ1n) is 6.55.